The van der Waals surface area contributed by atoms with Gasteiger partial charge in [-0.3, -0.25) is 9.89 Å². The van der Waals surface area contributed by atoms with Crippen molar-refractivity contribution >= 4 is 27.5 Å². The summed E-state index contributed by atoms with van der Waals surface area (Å²) in [6.45, 7) is 0. The van der Waals surface area contributed by atoms with Crippen molar-refractivity contribution in [3.63, 3.8) is 0 Å². The van der Waals surface area contributed by atoms with Crippen LogP contribution in [-0.4, -0.2) is 30.3 Å². The lowest BCUT2D eigenvalue weighted by atomic mass is 10.1. The number of rotatable bonds is 5. The van der Waals surface area contributed by atoms with Crippen molar-refractivity contribution in [2.75, 3.05) is 19.5 Å². The van der Waals surface area contributed by atoms with Crippen molar-refractivity contribution in [1.82, 2.24) is 10.2 Å². The molecule has 0 spiro atoms. The van der Waals surface area contributed by atoms with E-state index in [1.807, 2.05) is 0 Å². The van der Waals surface area contributed by atoms with Gasteiger partial charge in [0.1, 0.15) is 23.0 Å². The van der Waals surface area contributed by atoms with Crippen molar-refractivity contribution < 1.29 is 18.7 Å². The first kappa shape index (κ1) is 17.9. The van der Waals surface area contributed by atoms with Crippen LogP contribution in [-0.2, 0) is 0 Å². The Morgan fingerprint density at radius 3 is 2.65 bits per heavy atom. The molecule has 0 fully saturated rings. The van der Waals surface area contributed by atoms with Crippen LogP contribution in [0.15, 0.2) is 46.9 Å². The smallest absolute Gasteiger partial charge is 0.273 e. The molecule has 1 aromatic heterocycles. The van der Waals surface area contributed by atoms with Crippen LogP contribution >= 0.6 is 15.9 Å². The number of ether oxygens (including phenoxy) is 2. The summed E-state index contributed by atoms with van der Waals surface area (Å²) in [5.41, 5.74) is 1.49. The maximum Gasteiger partial charge on any atom is 0.273 e. The molecule has 0 atom stereocenters. The summed E-state index contributed by atoms with van der Waals surface area (Å²) in [6.07, 6.45) is 0. The van der Waals surface area contributed by atoms with Gasteiger partial charge in [-0.05, 0) is 36.4 Å². The number of aromatic nitrogens is 2. The molecule has 0 aliphatic rings. The number of carbonyl (C=O) groups excluding carboxylic acids is 1. The third kappa shape index (κ3) is 3.70. The Balaban J connectivity index is 1.84. The molecule has 2 N–H and O–H groups in total. The minimum atomic E-state index is -0.538. The molecule has 3 aromatic rings. The molecular weight excluding hydrogens is 405 g/mol. The number of nitrogens with one attached hydrogen (secondary N) is 2. The zero-order valence-corrected chi connectivity index (χ0v) is 15.6. The number of methoxy groups -OCH3 is 2. The third-order valence-corrected chi connectivity index (χ3v) is 4.18. The topological polar surface area (TPSA) is 76.2 Å². The van der Waals surface area contributed by atoms with Crippen LogP contribution in [0.25, 0.3) is 11.3 Å². The van der Waals surface area contributed by atoms with E-state index in [0.717, 1.165) is 0 Å². The van der Waals surface area contributed by atoms with E-state index in [4.69, 9.17) is 9.47 Å². The van der Waals surface area contributed by atoms with Crippen LogP contribution in [0.2, 0.25) is 0 Å². The van der Waals surface area contributed by atoms with Crippen molar-refractivity contribution in [2.24, 2.45) is 0 Å². The number of benzene rings is 2. The van der Waals surface area contributed by atoms with Crippen molar-refractivity contribution in [1.29, 1.82) is 0 Å². The summed E-state index contributed by atoms with van der Waals surface area (Å²) >= 11 is 3.17. The van der Waals surface area contributed by atoms with Crippen LogP contribution < -0.4 is 14.8 Å². The minimum absolute atomic E-state index is 0.0800. The fourth-order valence-corrected chi connectivity index (χ4v) is 2.70. The lowest BCUT2D eigenvalue weighted by molar-refractivity contribution is 0.102. The zero-order valence-electron chi connectivity index (χ0n) is 14.0. The second kappa shape index (κ2) is 7.57. The number of nitrogens with zero attached hydrogens (tertiary/aromatic N) is 1. The Bertz CT molecular complexity index is 959. The summed E-state index contributed by atoms with van der Waals surface area (Å²) in [4.78, 5) is 12.3. The maximum absolute atomic E-state index is 13.9. The predicted octanol–water partition coefficient (Wildman–Crippen LogP) is 4.25. The van der Waals surface area contributed by atoms with Gasteiger partial charge in [0.05, 0.1) is 25.6 Å². The molecule has 0 aliphatic carbocycles. The number of halogens is 2. The third-order valence-electron chi connectivity index (χ3n) is 3.69. The lowest BCUT2D eigenvalue weighted by Gasteiger charge is -2.08. The molecule has 0 saturated carbocycles. The summed E-state index contributed by atoms with van der Waals surface area (Å²) in [7, 11) is 3.10. The van der Waals surface area contributed by atoms with Gasteiger partial charge in [0.25, 0.3) is 5.91 Å². The molecule has 26 heavy (non-hydrogen) atoms. The summed E-state index contributed by atoms with van der Waals surface area (Å²) in [6, 6.07) is 11.2. The second-order valence-electron chi connectivity index (χ2n) is 5.31. The fourth-order valence-electron chi connectivity index (χ4n) is 2.37. The van der Waals surface area contributed by atoms with E-state index in [1.54, 1.807) is 37.4 Å². The fraction of sp³-hybridized carbons (Fsp3) is 0.111. The molecule has 8 heteroatoms. The van der Waals surface area contributed by atoms with E-state index >= 15 is 0 Å². The van der Waals surface area contributed by atoms with Crippen molar-refractivity contribution in [2.45, 2.75) is 0 Å². The average Bonchev–Trinajstić information content (AvgIpc) is 3.13. The molecule has 1 amide bonds. The standard InChI is InChI=1S/C18H15BrFN3O3/c1-25-11-4-5-12(17(8-11)26-2)15-9-16(23-22-15)18(24)21-14-6-3-10(19)7-13(14)20/h3-9H,1-2H3,(H,21,24)(H,22,23). The first-order chi connectivity index (χ1) is 12.5. The monoisotopic (exact) mass is 419 g/mol. The number of hydrogen-bond acceptors (Lipinski definition) is 4. The Hall–Kier alpha value is -2.87. The molecule has 2 aromatic carbocycles. The van der Waals surface area contributed by atoms with E-state index < -0.39 is 11.7 Å². The zero-order chi connectivity index (χ0) is 18.7. The van der Waals surface area contributed by atoms with E-state index in [2.05, 4.69) is 31.4 Å². The lowest BCUT2D eigenvalue weighted by Crippen LogP contribution is -2.13. The van der Waals surface area contributed by atoms with Gasteiger partial charge in [-0.25, -0.2) is 4.39 Å². The number of H-pyrrole nitrogens is 1. The Kier molecular flexibility index (Phi) is 5.22. The Morgan fingerprint density at radius 1 is 1.15 bits per heavy atom. The molecule has 0 radical (unpaired) electrons. The highest BCUT2D eigenvalue weighted by molar-refractivity contribution is 9.10. The van der Waals surface area contributed by atoms with E-state index in [0.29, 0.717) is 27.2 Å². The molecule has 134 valence electrons. The second-order valence-corrected chi connectivity index (χ2v) is 6.23. The van der Waals surface area contributed by atoms with E-state index in [1.165, 1.54) is 19.2 Å². The van der Waals surface area contributed by atoms with Crippen molar-refractivity contribution in [3.05, 3.63) is 58.4 Å². The normalized spacial score (nSPS) is 10.5. The van der Waals surface area contributed by atoms with Gasteiger partial charge in [-0.1, -0.05) is 15.9 Å². The van der Waals surface area contributed by atoms with Gasteiger partial charge in [0.2, 0.25) is 0 Å². The number of carbonyl (C=O) groups is 1. The molecule has 6 nitrogen and oxygen atoms in total. The van der Waals surface area contributed by atoms with Gasteiger partial charge >= 0.3 is 0 Å². The SMILES string of the molecule is COc1ccc(-c2cc(C(=O)Nc3ccc(Br)cc3F)[nH]n2)c(OC)c1. The molecule has 0 bridgehead atoms. The first-order valence-electron chi connectivity index (χ1n) is 7.56. The number of hydrogen-bond donors (Lipinski definition) is 2. The van der Waals surface area contributed by atoms with E-state index in [-0.39, 0.29) is 11.4 Å². The largest absolute Gasteiger partial charge is 0.497 e. The quantitative estimate of drug-likeness (QED) is 0.647. The summed E-state index contributed by atoms with van der Waals surface area (Å²) in [5.74, 6) is 0.160. The van der Waals surface area contributed by atoms with Gasteiger partial charge < -0.3 is 14.8 Å². The summed E-state index contributed by atoms with van der Waals surface area (Å²) < 4.78 is 25.0. The summed E-state index contributed by atoms with van der Waals surface area (Å²) in [5, 5.41) is 9.30. The molecule has 0 unspecified atom stereocenters. The molecule has 3 rings (SSSR count). The number of anilines is 1. The Labute approximate surface area is 157 Å². The minimum Gasteiger partial charge on any atom is -0.497 e. The van der Waals surface area contributed by atoms with Crippen LogP contribution in [0.3, 0.4) is 0 Å². The van der Waals surface area contributed by atoms with Gasteiger partial charge in [-0.2, -0.15) is 5.10 Å². The molecule has 1 heterocycles. The highest BCUT2D eigenvalue weighted by Gasteiger charge is 2.16. The van der Waals surface area contributed by atoms with Crippen molar-refractivity contribution in [3.8, 4) is 22.8 Å². The van der Waals surface area contributed by atoms with E-state index in [9.17, 15) is 9.18 Å². The number of amides is 1. The molecule has 0 saturated heterocycles. The highest BCUT2D eigenvalue weighted by atomic mass is 79.9. The van der Waals surface area contributed by atoms with Crippen LogP contribution in [0.1, 0.15) is 10.5 Å². The van der Waals surface area contributed by atoms with Crippen LogP contribution in [0.4, 0.5) is 10.1 Å². The Morgan fingerprint density at radius 2 is 1.96 bits per heavy atom. The highest BCUT2D eigenvalue weighted by Crippen LogP contribution is 2.32. The number of aromatic amines is 1. The average molecular weight is 420 g/mol. The van der Waals surface area contributed by atoms with Crippen LogP contribution in [0.5, 0.6) is 11.5 Å². The molecule has 0 aliphatic heterocycles. The van der Waals surface area contributed by atoms with Crippen LogP contribution in [0, 0.1) is 5.82 Å². The maximum atomic E-state index is 13.9. The van der Waals surface area contributed by atoms with Gasteiger partial charge in [-0.15, -0.1) is 0 Å². The van der Waals surface area contributed by atoms with Gasteiger partial charge in [0.15, 0.2) is 0 Å². The predicted molar refractivity (Wildman–Crippen MR) is 99.2 cm³/mol. The first-order valence-corrected chi connectivity index (χ1v) is 8.35. The van der Waals surface area contributed by atoms with Gasteiger partial charge in [0, 0.05) is 16.1 Å². The molecular formula is C18H15BrFN3O3.